The van der Waals surface area contributed by atoms with E-state index in [0.717, 1.165) is 4.90 Å². The lowest BCUT2D eigenvalue weighted by molar-refractivity contribution is 0.0248. The van der Waals surface area contributed by atoms with Gasteiger partial charge in [0, 0.05) is 5.56 Å². The summed E-state index contributed by atoms with van der Waals surface area (Å²) >= 11 is 0. The number of carbonyl (C=O) groups excluding carboxylic acids is 2. The van der Waals surface area contributed by atoms with Crippen LogP contribution in [-0.4, -0.2) is 22.5 Å². The number of hydrogen-bond acceptors (Lipinski definition) is 3. The summed E-state index contributed by atoms with van der Waals surface area (Å²) < 4.78 is 18.6. The largest absolute Gasteiger partial charge is 0.443 e. The lowest BCUT2D eigenvalue weighted by atomic mass is 10.1. The fourth-order valence-electron chi connectivity index (χ4n) is 1.92. The van der Waals surface area contributed by atoms with Gasteiger partial charge in [0.15, 0.2) is 0 Å². The van der Waals surface area contributed by atoms with E-state index in [9.17, 15) is 14.0 Å². The normalized spacial score (nSPS) is 14.6. The minimum Gasteiger partial charge on any atom is -0.443 e. The van der Waals surface area contributed by atoms with Gasteiger partial charge in [-0.2, -0.15) is 0 Å². The average Bonchev–Trinajstić information content (AvgIpc) is 2.55. The number of rotatable bonds is 0. The number of nitrogens with zero attached hydrogens (tertiary/aromatic N) is 1. The third-order valence-corrected chi connectivity index (χ3v) is 2.80. The van der Waals surface area contributed by atoms with Crippen molar-refractivity contribution in [2.24, 2.45) is 0 Å². The molecule has 0 aliphatic carbocycles. The maximum atomic E-state index is 13.5. The van der Waals surface area contributed by atoms with Crippen molar-refractivity contribution in [2.45, 2.75) is 39.8 Å². The Hall–Kier alpha value is -1.91. The van der Waals surface area contributed by atoms with Crippen LogP contribution in [0.1, 0.15) is 42.3 Å². The first-order chi connectivity index (χ1) is 8.69. The number of imide groups is 1. The highest BCUT2D eigenvalue weighted by atomic mass is 19.1. The molecule has 2 amide bonds. The van der Waals surface area contributed by atoms with Crippen LogP contribution in [-0.2, 0) is 11.3 Å². The smallest absolute Gasteiger partial charge is 0.417 e. The molecule has 19 heavy (non-hydrogen) atoms. The molecule has 1 aliphatic heterocycles. The number of carbonyl (C=O) groups is 2. The zero-order valence-corrected chi connectivity index (χ0v) is 11.4. The molecular weight excluding hydrogens is 249 g/mol. The van der Waals surface area contributed by atoms with Crippen molar-refractivity contribution >= 4 is 12.0 Å². The monoisotopic (exact) mass is 265 g/mol. The fraction of sp³-hybridized carbons (Fsp3) is 0.429. The zero-order chi connectivity index (χ0) is 14.4. The van der Waals surface area contributed by atoms with E-state index in [4.69, 9.17) is 4.74 Å². The second kappa shape index (κ2) is 4.33. The van der Waals surface area contributed by atoms with Crippen molar-refractivity contribution in [3.05, 3.63) is 34.6 Å². The number of halogens is 1. The Bertz CT molecular complexity index is 561. The molecule has 5 heteroatoms. The first-order valence-electron chi connectivity index (χ1n) is 6.03. The van der Waals surface area contributed by atoms with E-state index in [0.29, 0.717) is 11.1 Å². The van der Waals surface area contributed by atoms with Crippen LogP contribution in [0.15, 0.2) is 12.1 Å². The maximum Gasteiger partial charge on any atom is 0.417 e. The van der Waals surface area contributed by atoms with Gasteiger partial charge in [0.2, 0.25) is 0 Å². The van der Waals surface area contributed by atoms with Gasteiger partial charge in [0.05, 0.1) is 6.54 Å². The predicted molar refractivity (Wildman–Crippen MR) is 67.2 cm³/mol. The average molecular weight is 265 g/mol. The molecule has 0 atom stereocenters. The summed E-state index contributed by atoms with van der Waals surface area (Å²) in [6, 6.07) is 2.77. The van der Waals surface area contributed by atoms with Crippen LogP contribution in [0, 0.1) is 12.7 Å². The van der Waals surface area contributed by atoms with Crippen molar-refractivity contribution in [1.29, 1.82) is 0 Å². The first-order valence-corrected chi connectivity index (χ1v) is 6.03. The Kier molecular flexibility index (Phi) is 3.08. The second-order valence-corrected chi connectivity index (χ2v) is 5.63. The number of aryl methyl sites for hydroxylation is 1. The van der Waals surface area contributed by atoms with E-state index in [1.54, 1.807) is 33.8 Å². The number of ether oxygens (including phenoxy) is 1. The highest BCUT2D eigenvalue weighted by Crippen LogP contribution is 2.26. The highest BCUT2D eigenvalue weighted by molar-refractivity contribution is 6.06. The quantitative estimate of drug-likeness (QED) is 0.724. The predicted octanol–water partition coefficient (Wildman–Crippen LogP) is 3.03. The van der Waals surface area contributed by atoms with E-state index in [-0.39, 0.29) is 12.1 Å². The number of hydrogen-bond donors (Lipinski definition) is 0. The van der Waals surface area contributed by atoms with Crippen molar-refractivity contribution < 1.29 is 18.7 Å². The van der Waals surface area contributed by atoms with Gasteiger partial charge in [-0.1, -0.05) is 6.07 Å². The number of fused-ring (bicyclic) bond motifs is 1. The molecule has 1 heterocycles. The number of benzene rings is 1. The second-order valence-electron chi connectivity index (χ2n) is 5.63. The third kappa shape index (κ3) is 2.59. The third-order valence-electron chi connectivity index (χ3n) is 2.80. The molecule has 4 nitrogen and oxygen atoms in total. The van der Waals surface area contributed by atoms with Gasteiger partial charge in [-0.15, -0.1) is 0 Å². The molecule has 0 saturated carbocycles. The van der Waals surface area contributed by atoms with E-state index in [2.05, 4.69) is 0 Å². The van der Waals surface area contributed by atoms with Gasteiger partial charge in [0.25, 0.3) is 5.91 Å². The Morgan fingerprint density at radius 3 is 2.58 bits per heavy atom. The molecule has 1 aliphatic rings. The minimum atomic E-state index is -0.702. The van der Waals surface area contributed by atoms with Crippen LogP contribution < -0.4 is 0 Å². The molecule has 0 saturated heterocycles. The summed E-state index contributed by atoms with van der Waals surface area (Å²) in [5, 5.41) is 0. The summed E-state index contributed by atoms with van der Waals surface area (Å²) in [7, 11) is 0. The first kappa shape index (κ1) is 13.5. The Morgan fingerprint density at radius 1 is 1.37 bits per heavy atom. The lowest BCUT2D eigenvalue weighted by Gasteiger charge is -2.23. The van der Waals surface area contributed by atoms with Gasteiger partial charge in [-0.25, -0.2) is 14.1 Å². The fourth-order valence-corrected chi connectivity index (χ4v) is 1.92. The molecule has 0 fully saturated rings. The van der Waals surface area contributed by atoms with Gasteiger partial charge in [-0.05, 0) is 44.9 Å². The summed E-state index contributed by atoms with van der Waals surface area (Å²) in [5.41, 5.74) is 0.661. The molecule has 0 radical (unpaired) electrons. The standard InChI is InChI=1S/C14H16FNO3/c1-8-5-9-7-16(13(18)19-14(2,3)4)12(17)10(9)6-11(8)15/h5-6H,7H2,1-4H3. The van der Waals surface area contributed by atoms with Gasteiger partial charge in [0.1, 0.15) is 11.4 Å². The SMILES string of the molecule is Cc1cc2c(cc1F)C(=O)N(C(=O)OC(C)(C)C)C2. The summed E-state index contributed by atoms with van der Waals surface area (Å²) in [6.07, 6.45) is -0.702. The van der Waals surface area contributed by atoms with Gasteiger partial charge in [-0.3, -0.25) is 4.79 Å². The topological polar surface area (TPSA) is 46.6 Å². The van der Waals surface area contributed by atoms with Crippen LogP contribution >= 0.6 is 0 Å². The molecule has 1 aromatic carbocycles. The highest BCUT2D eigenvalue weighted by Gasteiger charge is 2.35. The van der Waals surface area contributed by atoms with Crippen LogP contribution in [0.5, 0.6) is 0 Å². The molecule has 1 aromatic rings. The van der Waals surface area contributed by atoms with Crippen LogP contribution in [0.4, 0.5) is 9.18 Å². The summed E-state index contributed by atoms with van der Waals surface area (Å²) in [4.78, 5) is 24.9. The maximum absolute atomic E-state index is 13.5. The molecule has 102 valence electrons. The van der Waals surface area contributed by atoms with Crippen molar-refractivity contribution in [2.75, 3.05) is 0 Å². The van der Waals surface area contributed by atoms with E-state index in [1.165, 1.54) is 6.07 Å². The molecular formula is C14H16FNO3. The molecule has 0 N–H and O–H groups in total. The molecule has 0 bridgehead atoms. The lowest BCUT2D eigenvalue weighted by Crippen LogP contribution is -2.36. The Morgan fingerprint density at radius 2 is 2.00 bits per heavy atom. The number of amides is 2. The van der Waals surface area contributed by atoms with E-state index < -0.39 is 23.4 Å². The minimum absolute atomic E-state index is 0.129. The van der Waals surface area contributed by atoms with E-state index in [1.807, 2.05) is 0 Å². The van der Waals surface area contributed by atoms with Crippen molar-refractivity contribution in [1.82, 2.24) is 4.90 Å². The van der Waals surface area contributed by atoms with Gasteiger partial charge < -0.3 is 4.74 Å². The molecule has 0 aromatic heterocycles. The van der Waals surface area contributed by atoms with Crippen LogP contribution in [0.2, 0.25) is 0 Å². The molecule has 2 rings (SSSR count). The Balaban J connectivity index is 2.26. The van der Waals surface area contributed by atoms with Crippen LogP contribution in [0.3, 0.4) is 0 Å². The zero-order valence-electron chi connectivity index (χ0n) is 11.4. The van der Waals surface area contributed by atoms with Gasteiger partial charge >= 0.3 is 6.09 Å². The van der Waals surface area contributed by atoms with Crippen LogP contribution in [0.25, 0.3) is 0 Å². The van der Waals surface area contributed by atoms with Crippen molar-refractivity contribution in [3.63, 3.8) is 0 Å². The summed E-state index contributed by atoms with van der Waals surface area (Å²) in [5.74, 6) is -0.957. The molecule has 0 spiro atoms. The molecule has 0 unspecified atom stereocenters. The van der Waals surface area contributed by atoms with Crippen molar-refractivity contribution in [3.8, 4) is 0 Å². The Labute approximate surface area is 111 Å². The summed E-state index contributed by atoms with van der Waals surface area (Å²) in [6.45, 7) is 6.92. The van der Waals surface area contributed by atoms with E-state index >= 15 is 0 Å².